The lowest BCUT2D eigenvalue weighted by Crippen LogP contribution is -2.34. The van der Waals surface area contributed by atoms with Gasteiger partial charge in [-0.25, -0.2) is 0 Å². The minimum atomic E-state index is -0.610. The number of ketones is 1. The average molecular weight is 440 g/mol. The van der Waals surface area contributed by atoms with E-state index in [-0.39, 0.29) is 23.6 Å². The number of ether oxygens (including phenoxy) is 2. The summed E-state index contributed by atoms with van der Waals surface area (Å²) in [6, 6.07) is 11.2. The molecule has 0 radical (unpaired) electrons. The number of nitro groups is 1. The van der Waals surface area contributed by atoms with Crippen LogP contribution in [0.2, 0.25) is 0 Å². The summed E-state index contributed by atoms with van der Waals surface area (Å²) in [5, 5.41) is 11.9. The van der Waals surface area contributed by atoms with Crippen LogP contribution in [0.1, 0.15) is 49.4 Å². The van der Waals surface area contributed by atoms with E-state index in [1.54, 1.807) is 30.3 Å². The number of benzene rings is 2. The summed E-state index contributed by atoms with van der Waals surface area (Å²) in [6.07, 6.45) is 4.05. The van der Waals surface area contributed by atoms with Gasteiger partial charge in [0, 0.05) is 18.7 Å². The van der Waals surface area contributed by atoms with Gasteiger partial charge in [0.1, 0.15) is 17.9 Å². The number of nitro benzene ring substituents is 1. The molecule has 1 fully saturated rings. The number of piperidine rings is 1. The fourth-order valence-corrected chi connectivity index (χ4v) is 4.04. The van der Waals surface area contributed by atoms with Crippen molar-refractivity contribution in [1.82, 2.24) is 0 Å². The van der Waals surface area contributed by atoms with Gasteiger partial charge in [0.05, 0.1) is 12.0 Å². The van der Waals surface area contributed by atoms with Gasteiger partial charge in [-0.15, -0.1) is 0 Å². The predicted octanol–water partition coefficient (Wildman–Crippen LogP) is 5.15. The highest BCUT2D eigenvalue weighted by Crippen LogP contribution is 2.41. The zero-order valence-corrected chi connectivity index (χ0v) is 18.4. The van der Waals surface area contributed by atoms with Gasteiger partial charge in [-0.3, -0.25) is 19.7 Å². The molecule has 0 atom stereocenters. The molecule has 1 aliphatic heterocycles. The molecule has 2 aromatic rings. The van der Waals surface area contributed by atoms with E-state index >= 15 is 0 Å². The van der Waals surface area contributed by atoms with E-state index in [2.05, 4.69) is 16.6 Å². The van der Waals surface area contributed by atoms with Gasteiger partial charge in [0.2, 0.25) is 5.75 Å². The molecule has 0 amide bonds. The smallest absolute Gasteiger partial charge is 0.334 e. The van der Waals surface area contributed by atoms with Gasteiger partial charge in [0.25, 0.3) is 0 Å². The second-order valence-electron chi connectivity index (χ2n) is 7.90. The van der Waals surface area contributed by atoms with E-state index in [1.807, 2.05) is 0 Å². The summed E-state index contributed by atoms with van der Waals surface area (Å²) in [4.78, 5) is 36.9. The summed E-state index contributed by atoms with van der Waals surface area (Å²) in [5.74, 6) is 0.206. The Bertz CT molecular complexity index is 965. The first-order valence-corrected chi connectivity index (χ1v) is 10.8. The van der Waals surface area contributed by atoms with Crippen molar-refractivity contribution < 1.29 is 24.0 Å². The van der Waals surface area contributed by atoms with Crippen molar-refractivity contribution >= 4 is 23.1 Å². The molecule has 0 unspecified atom stereocenters. The van der Waals surface area contributed by atoms with Crippen LogP contribution in [0.5, 0.6) is 11.5 Å². The normalized spacial score (nSPS) is 14.1. The SMILES string of the molecule is CCCC1CCN(c2cccc(Oc3ccc(C(=O)CC(=O)OC)cc3)c2[N+](=O)[O-])CC1. The molecule has 8 heteroatoms. The van der Waals surface area contributed by atoms with Crippen LogP contribution >= 0.6 is 0 Å². The fraction of sp³-hybridized carbons (Fsp3) is 0.417. The maximum absolute atomic E-state index is 12.1. The van der Waals surface area contributed by atoms with Gasteiger partial charge in [0.15, 0.2) is 5.78 Å². The molecular formula is C24H28N2O6. The number of carbonyl (C=O) groups is 2. The Kier molecular flexibility index (Phi) is 7.81. The van der Waals surface area contributed by atoms with E-state index in [0.29, 0.717) is 22.9 Å². The molecule has 0 aromatic heterocycles. The quantitative estimate of drug-likeness (QED) is 0.175. The molecule has 1 heterocycles. The van der Waals surface area contributed by atoms with Crippen LogP contribution in [0.25, 0.3) is 0 Å². The summed E-state index contributed by atoms with van der Waals surface area (Å²) in [7, 11) is 1.22. The van der Waals surface area contributed by atoms with Crippen molar-refractivity contribution in [3.8, 4) is 11.5 Å². The molecule has 170 valence electrons. The number of Topliss-reactive ketones (excluding diaryl/α,β-unsaturated/α-hetero) is 1. The highest BCUT2D eigenvalue weighted by Gasteiger charge is 2.28. The minimum Gasteiger partial charge on any atom is -0.469 e. The van der Waals surface area contributed by atoms with E-state index in [4.69, 9.17) is 4.74 Å². The third kappa shape index (κ3) is 5.63. The lowest BCUT2D eigenvalue weighted by Gasteiger charge is -2.33. The first kappa shape index (κ1) is 23.2. The summed E-state index contributed by atoms with van der Waals surface area (Å²) < 4.78 is 10.3. The van der Waals surface area contributed by atoms with E-state index < -0.39 is 10.9 Å². The van der Waals surface area contributed by atoms with Crippen LogP contribution in [0.4, 0.5) is 11.4 Å². The standard InChI is InChI=1S/C24H28N2O6/c1-3-5-17-12-14-25(15-13-17)20-6-4-7-22(24(20)26(29)30)32-19-10-8-18(9-11-19)21(27)16-23(28)31-2/h4,6-11,17H,3,5,12-16H2,1-2H3. The summed E-state index contributed by atoms with van der Waals surface area (Å²) >= 11 is 0. The number of anilines is 1. The van der Waals surface area contributed by atoms with Crippen LogP contribution in [-0.4, -0.2) is 36.9 Å². The molecule has 2 aromatic carbocycles. The van der Waals surface area contributed by atoms with E-state index in [0.717, 1.165) is 32.4 Å². The Morgan fingerprint density at radius 3 is 2.41 bits per heavy atom. The summed E-state index contributed by atoms with van der Waals surface area (Å²) in [6.45, 7) is 3.75. The highest BCUT2D eigenvalue weighted by atomic mass is 16.6. The molecule has 8 nitrogen and oxygen atoms in total. The second kappa shape index (κ2) is 10.7. The van der Waals surface area contributed by atoms with Crippen molar-refractivity contribution in [2.45, 2.75) is 39.0 Å². The Hall–Kier alpha value is -3.42. The Labute approximate surface area is 187 Å². The Balaban J connectivity index is 1.77. The molecule has 1 aliphatic rings. The molecule has 0 N–H and O–H groups in total. The molecule has 0 bridgehead atoms. The number of esters is 1. The number of methoxy groups -OCH3 is 1. The highest BCUT2D eigenvalue weighted by molar-refractivity contribution is 6.05. The van der Waals surface area contributed by atoms with E-state index in [1.165, 1.54) is 25.7 Å². The van der Waals surface area contributed by atoms with Gasteiger partial charge >= 0.3 is 11.7 Å². The second-order valence-corrected chi connectivity index (χ2v) is 7.90. The van der Waals surface area contributed by atoms with Crippen molar-refractivity contribution in [3.63, 3.8) is 0 Å². The largest absolute Gasteiger partial charge is 0.469 e. The predicted molar refractivity (Wildman–Crippen MR) is 120 cm³/mol. The van der Waals surface area contributed by atoms with Gasteiger partial charge in [-0.05, 0) is 55.2 Å². The number of nitrogens with zero attached hydrogens (tertiary/aromatic N) is 2. The van der Waals surface area contributed by atoms with Crippen LogP contribution in [0, 0.1) is 16.0 Å². The van der Waals surface area contributed by atoms with Crippen LogP contribution in [0.15, 0.2) is 42.5 Å². The van der Waals surface area contributed by atoms with Crippen molar-refractivity contribution in [2.24, 2.45) is 5.92 Å². The lowest BCUT2D eigenvalue weighted by atomic mass is 9.92. The zero-order chi connectivity index (χ0) is 23.1. The fourth-order valence-electron chi connectivity index (χ4n) is 4.04. The number of hydrogen-bond acceptors (Lipinski definition) is 7. The monoisotopic (exact) mass is 440 g/mol. The Morgan fingerprint density at radius 2 is 1.81 bits per heavy atom. The molecular weight excluding hydrogens is 412 g/mol. The summed E-state index contributed by atoms with van der Waals surface area (Å²) in [5.41, 5.74) is 0.834. The third-order valence-electron chi connectivity index (χ3n) is 5.75. The topological polar surface area (TPSA) is 99.0 Å². The first-order chi connectivity index (χ1) is 15.4. The van der Waals surface area contributed by atoms with Crippen molar-refractivity contribution in [3.05, 3.63) is 58.1 Å². The molecule has 1 saturated heterocycles. The maximum atomic E-state index is 12.1. The van der Waals surface area contributed by atoms with Crippen molar-refractivity contribution in [1.29, 1.82) is 0 Å². The van der Waals surface area contributed by atoms with Crippen LogP contribution < -0.4 is 9.64 Å². The first-order valence-electron chi connectivity index (χ1n) is 10.8. The van der Waals surface area contributed by atoms with Crippen LogP contribution in [0.3, 0.4) is 0 Å². The number of para-hydroxylation sites is 1. The van der Waals surface area contributed by atoms with Crippen LogP contribution in [-0.2, 0) is 9.53 Å². The number of rotatable bonds is 9. The van der Waals surface area contributed by atoms with E-state index in [9.17, 15) is 19.7 Å². The molecule has 0 spiro atoms. The third-order valence-corrected chi connectivity index (χ3v) is 5.75. The Morgan fingerprint density at radius 1 is 1.12 bits per heavy atom. The van der Waals surface area contributed by atoms with Gasteiger partial charge < -0.3 is 14.4 Å². The molecule has 3 rings (SSSR count). The van der Waals surface area contributed by atoms with Gasteiger partial charge in [-0.2, -0.15) is 0 Å². The molecule has 32 heavy (non-hydrogen) atoms. The molecule has 0 aliphatic carbocycles. The zero-order valence-electron chi connectivity index (χ0n) is 18.4. The van der Waals surface area contributed by atoms with Gasteiger partial charge in [-0.1, -0.05) is 25.8 Å². The number of carbonyl (C=O) groups excluding carboxylic acids is 2. The lowest BCUT2D eigenvalue weighted by molar-refractivity contribution is -0.384. The average Bonchev–Trinajstić information content (AvgIpc) is 2.80. The van der Waals surface area contributed by atoms with Crippen molar-refractivity contribution in [2.75, 3.05) is 25.1 Å². The maximum Gasteiger partial charge on any atom is 0.334 e. The molecule has 0 saturated carbocycles. The minimum absolute atomic E-state index is 0.0627. The number of hydrogen-bond donors (Lipinski definition) is 0.